The smallest absolute Gasteiger partial charge is 0.297 e. The van der Waals surface area contributed by atoms with Crippen LogP contribution in [0.25, 0.3) is 0 Å². The molecule has 0 saturated carbocycles. The van der Waals surface area contributed by atoms with Crippen LogP contribution < -0.4 is 0 Å². The molecule has 0 amide bonds. The first-order valence-electron chi connectivity index (χ1n) is 14.3. The van der Waals surface area contributed by atoms with Gasteiger partial charge in [-0.25, -0.2) is 0 Å². The summed E-state index contributed by atoms with van der Waals surface area (Å²) in [6.45, 7) is 7.14. The number of benzene rings is 1. The van der Waals surface area contributed by atoms with Crippen LogP contribution in [-0.2, 0) is 28.5 Å². The van der Waals surface area contributed by atoms with E-state index in [1.807, 2.05) is 6.92 Å². The summed E-state index contributed by atoms with van der Waals surface area (Å²) in [6, 6.07) is 6.57. The molecule has 1 aromatic rings. The van der Waals surface area contributed by atoms with E-state index in [1.165, 1.54) is 83.5 Å². The van der Waals surface area contributed by atoms with E-state index in [-0.39, 0.29) is 18.1 Å². The largest absolute Gasteiger partial charge is 0.379 e. The van der Waals surface area contributed by atoms with Crippen molar-refractivity contribution >= 4 is 10.1 Å². The van der Waals surface area contributed by atoms with Gasteiger partial charge < -0.3 is 14.2 Å². The maximum absolute atomic E-state index is 12.1. The topological polar surface area (TPSA) is 71.1 Å². The molecule has 0 bridgehead atoms. The summed E-state index contributed by atoms with van der Waals surface area (Å²) >= 11 is 0. The van der Waals surface area contributed by atoms with Crippen LogP contribution in [0.5, 0.6) is 0 Å². The van der Waals surface area contributed by atoms with E-state index in [9.17, 15) is 8.42 Å². The molecule has 36 heavy (non-hydrogen) atoms. The van der Waals surface area contributed by atoms with Gasteiger partial charge in [-0.2, -0.15) is 8.42 Å². The predicted octanol–water partition coefficient (Wildman–Crippen LogP) is 7.23. The van der Waals surface area contributed by atoms with E-state index >= 15 is 0 Å². The molecule has 0 spiro atoms. The number of rotatable bonds is 26. The van der Waals surface area contributed by atoms with Gasteiger partial charge in [0.2, 0.25) is 0 Å². The van der Waals surface area contributed by atoms with Crippen LogP contribution in [0.15, 0.2) is 29.2 Å². The van der Waals surface area contributed by atoms with Crippen molar-refractivity contribution in [3.8, 4) is 0 Å². The van der Waals surface area contributed by atoms with Gasteiger partial charge in [-0.05, 0) is 25.5 Å². The minimum atomic E-state index is -3.73. The van der Waals surface area contributed by atoms with Crippen molar-refractivity contribution < 1.29 is 26.8 Å². The third-order valence-corrected chi connectivity index (χ3v) is 7.49. The predicted molar refractivity (Wildman–Crippen MR) is 147 cm³/mol. The summed E-state index contributed by atoms with van der Waals surface area (Å²) in [5, 5.41) is 0. The Morgan fingerprint density at radius 1 is 0.528 bits per heavy atom. The third-order valence-electron chi connectivity index (χ3n) is 6.16. The first-order chi connectivity index (χ1) is 17.6. The van der Waals surface area contributed by atoms with Crippen molar-refractivity contribution in [2.45, 2.75) is 109 Å². The lowest BCUT2D eigenvalue weighted by molar-refractivity contribution is 0.00912. The minimum Gasteiger partial charge on any atom is -0.379 e. The molecule has 1 aromatic carbocycles. The summed E-state index contributed by atoms with van der Waals surface area (Å²) in [7, 11) is -3.73. The molecule has 6 nitrogen and oxygen atoms in total. The molecule has 210 valence electrons. The fourth-order valence-electron chi connectivity index (χ4n) is 3.92. The molecule has 0 fully saturated rings. The highest BCUT2D eigenvalue weighted by Crippen LogP contribution is 2.14. The van der Waals surface area contributed by atoms with E-state index in [0.717, 1.165) is 18.6 Å². The van der Waals surface area contributed by atoms with E-state index in [1.54, 1.807) is 24.3 Å². The molecule has 0 heterocycles. The van der Waals surface area contributed by atoms with Crippen LogP contribution in [0.3, 0.4) is 0 Å². The number of unbranched alkanes of at least 4 members (excludes halogenated alkanes) is 13. The first kappa shape index (κ1) is 33.0. The molecule has 0 saturated heterocycles. The molecule has 0 atom stereocenters. The monoisotopic (exact) mass is 528 g/mol. The maximum atomic E-state index is 12.1. The van der Waals surface area contributed by atoms with Crippen LogP contribution >= 0.6 is 0 Å². The average Bonchev–Trinajstić information content (AvgIpc) is 2.87. The van der Waals surface area contributed by atoms with E-state index in [2.05, 4.69) is 6.92 Å². The number of ether oxygens (including phenoxy) is 3. The molecule has 0 aromatic heterocycles. The van der Waals surface area contributed by atoms with Crippen molar-refractivity contribution in [3.63, 3.8) is 0 Å². The van der Waals surface area contributed by atoms with E-state index in [4.69, 9.17) is 18.4 Å². The fourth-order valence-corrected chi connectivity index (χ4v) is 4.81. The third kappa shape index (κ3) is 19.2. The van der Waals surface area contributed by atoms with Gasteiger partial charge in [0, 0.05) is 6.61 Å². The molecule has 7 heteroatoms. The van der Waals surface area contributed by atoms with E-state index < -0.39 is 10.1 Å². The Morgan fingerprint density at radius 2 is 0.917 bits per heavy atom. The summed E-state index contributed by atoms with van der Waals surface area (Å²) in [4.78, 5) is 0.158. The standard InChI is InChI=1S/C29H52O6S/c1-3-4-5-6-7-8-9-10-11-12-13-14-15-16-21-32-22-23-33-24-25-34-26-27-35-36(30,31)29-19-17-28(2)18-20-29/h17-20H,3-16,21-27H2,1-2H3. The molecule has 0 aliphatic rings. The lowest BCUT2D eigenvalue weighted by Crippen LogP contribution is -2.14. The second-order valence-corrected chi connectivity index (χ2v) is 11.1. The zero-order chi connectivity index (χ0) is 26.2. The van der Waals surface area contributed by atoms with Crippen LogP contribution in [0.2, 0.25) is 0 Å². The van der Waals surface area contributed by atoms with Gasteiger partial charge in [0.05, 0.1) is 44.5 Å². The van der Waals surface area contributed by atoms with Gasteiger partial charge in [-0.3, -0.25) is 4.18 Å². The van der Waals surface area contributed by atoms with Crippen LogP contribution in [0.4, 0.5) is 0 Å². The molecule has 0 N–H and O–H groups in total. The van der Waals surface area contributed by atoms with Gasteiger partial charge in [0.15, 0.2) is 0 Å². The lowest BCUT2D eigenvalue weighted by atomic mass is 10.0. The molecule has 0 unspecified atom stereocenters. The van der Waals surface area contributed by atoms with Gasteiger partial charge in [0.1, 0.15) is 0 Å². The van der Waals surface area contributed by atoms with Crippen molar-refractivity contribution in [3.05, 3.63) is 29.8 Å². The normalized spacial score (nSPS) is 11.8. The zero-order valence-corrected chi connectivity index (χ0v) is 23.8. The Bertz CT molecular complexity index is 705. The fraction of sp³-hybridized carbons (Fsp3) is 0.793. The average molecular weight is 529 g/mol. The van der Waals surface area contributed by atoms with E-state index in [0.29, 0.717) is 26.4 Å². The Hall–Kier alpha value is -0.990. The highest BCUT2D eigenvalue weighted by molar-refractivity contribution is 7.86. The molecule has 0 aliphatic carbocycles. The van der Waals surface area contributed by atoms with Crippen LogP contribution in [0.1, 0.15) is 102 Å². The highest BCUT2D eigenvalue weighted by Gasteiger charge is 2.14. The van der Waals surface area contributed by atoms with Crippen LogP contribution in [0, 0.1) is 6.92 Å². The summed E-state index contributed by atoms with van der Waals surface area (Å²) in [5.74, 6) is 0. The van der Waals surface area contributed by atoms with Gasteiger partial charge in [0.25, 0.3) is 10.1 Å². The first-order valence-corrected chi connectivity index (χ1v) is 15.7. The van der Waals surface area contributed by atoms with Gasteiger partial charge in [-0.15, -0.1) is 0 Å². The number of aryl methyl sites for hydroxylation is 1. The van der Waals surface area contributed by atoms with Crippen molar-refractivity contribution in [1.82, 2.24) is 0 Å². The van der Waals surface area contributed by atoms with Gasteiger partial charge >= 0.3 is 0 Å². The molecule has 0 aliphatic heterocycles. The zero-order valence-electron chi connectivity index (χ0n) is 23.0. The number of hydrogen-bond acceptors (Lipinski definition) is 6. The van der Waals surface area contributed by atoms with Gasteiger partial charge in [-0.1, -0.05) is 108 Å². The Balaban J connectivity index is 1.75. The number of hydrogen-bond donors (Lipinski definition) is 0. The van der Waals surface area contributed by atoms with Crippen molar-refractivity contribution in [2.24, 2.45) is 0 Å². The minimum absolute atomic E-state index is 0.0154. The molecule has 1 rings (SSSR count). The molecule has 0 radical (unpaired) electrons. The Labute approximate surface area is 221 Å². The van der Waals surface area contributed by atoms with Crippen molar-refractivity contribution in [2.75, 3.05) is 46.2 Å². The SMILES string of the molecule is CCCCCCCCCCCCCCCCOCCOCCOCCOS(=O)(=O)c1ccc(C)cc1. The maximum Gasteiger partial charge on any atom is 0.297 e. The molecular formula is C29H52O6S. The Kier molecular flexibility index (Phi) is 21.2. The van der Waals surface area contributed by atoms with Crippen LogP contribution in [-0.4, -0.2) is 54.7 Å². The summed E-state index contributed by atoms with van der Waals surface area (Å²) in [5.41, 5.74) is 0.998. The molecular weight excluding hydrogens is 476 g/mol. The van der Waals surface area contributed by atoms with Crippen molar-refractivity contribution in [1.29, 1.82) is 0 Å². The second-order valence-electron chi connectivity index (χ2n) is 9.52. The lowest BCUT2D eigenvalue weighted by Gasteiger charge is -2.08. The Morgan fingerprint density at radius 3 is 1.39 bits per heavy atom. The highest BCUT2D eigenvalue weighted by atomic mass is 32.2. The summed E-state index contributed by atoms with van der Waals surface area (Å²) < 4.78 is 45.6. The quantitative estimate of drug-likeness (QED) is 0.0933. The summed E-state index contributed by atoms with van der Waals surface area (Å²) in [6.07, 6.45) is 19.1. The second kappa shape index (κ2) is 23.2.